The minimum atomic E-state index is -3.51. The SMILES string of the molecule is O=CCC1=Cc2ccc3ccccc3c2S1(=O)=O. The molecule has 0 radical (unpaired) electrons. The second-order valence-corrected chi connectivity index (χ2v) is 6.13. The van der Waals surface area contributed by atoms with Crippen molar-refractivity contribution in [2.75, 3.05) is 0 Å². The molecule has 90 valence electrons. The average Bonchev–Trinajstić information content (AvgIpc) is 2.62. The van der Waals surface area contributed by atoms with Crippen molar-refractivity contribution in [3.63, 3.8) is 0 Å². The van der Waals surface area contributed by atoms with Gasteiger partial charge in [-0.2, -0.15) is 0 Å². The summed E-state index contributed by atoms with van der Waals surface area (Å²) in [6.07, 6.45) is 2.15. The van der Waals surface area contributed by atoms with E-state index in [9.17, 15) is 13.2 Å². The van der Waals surface area contributed by atoms with Gasteiger partial charge in [0.2, 0.25) is 9.84 Å². The molecule has 0 aromatic heterocycles. The number of carbonyl (C=O) groups excluding carboxylic acids is 1. The van der Waals surface area contributed by atoms with Crippen LogP contribution in [-0.4, -0.2) is 14.7 Å². The Balaban J connectivity index is 2.37. The number of sulfone groups is 1. The molecule has 1 aliphatic heterocycles. The zero-order valence-electron chi connectivity index (χ0n) is 9.46. The first kappa shape index (κ1) is 11.2. The number of hydrogen-bond donors (Lipinski definition) is 0. The van der Waals surface area contributed by atoms with E-state index >= 15 is 0 Å². The number of rotatable bonds is 2. The first-order chi connectivity index (χ1) is 8.64. The van der Waals surface area contributed by atoms with Crippen molar-refractivity contribution in [3.8, 4) is 0 Å². The largest absolute Gasteiger partial charge is 0.303 e. The molecule has 2 aromatic rings. The zero-order chi connectivity index (χ0) is 12.8. The molecule has 0 fully saturated rings. The molecule has 0 saturated carbocycles. The van der Waals surface area contributed by atoms with Crippen LogP contribution >= 0.6 is 0 Å². The Hall–Kier alpha value is -1.94. The van der Waals surface area contributed by atoms with Crippen molar-refractivity contribution in [1.82, 2.24) is 0 Å². The lowest BCUT2D eigenvalue weighted by Gasteiger charge is -2.05. The van der Waals surface area contributed by atoms with Crippen LogP contribution in [-0.2, 0) is 14.6 Å². The maximum absolute atomic E-state index is 12.4. The van der Waals surface area contributed by atoms with Crippen LogP contribution in [0.1, 0.15) is 12.0 Å². The van der Waals surface area contributed by atoms with Crippen molar-refractivity contribution in [3.05, 3.63) is 46.9 Å². The zero-order valence-corrected chi connectivity index (χ0v) is 10.3. The van der Waals surface area contributed by atoms with Crippen molar-refractivity contribution in [1.29, 1.82) is 0 Å². The van der Waals surface area contributed by atoms with Crippen LogP contribution in [0.2, 0.25) is 0 Å². The lowest BCUT2D eigenvalue weighted by Crippen LogP contribution is -2.02. The summed E-state index contributed by atoms with van der Waals surface area (Å²) in [6.45, 7) is 0. The standard InChI is InChI=1S/C14H10O3S/c15-8-7-12-9-11-6-5-10-3-1-2-4-13(10)14(11)18(12,16)17/h1-6,8-9H,7H2. The fourth-order valence-electron chi connectivity index (χ4n) is 2.31. The van der Waals surface area contributed by atoms with Crippen LogP contribution < -0.4 is 0 Å². The van der Waals surface area contributed by atoms with Gasteiger partial charge in [-0.05, 0) is 17.0 Å². The van der Waals surface area contributed by atoms with Crippen LogP contribution in [0.5, 0.6) is 0 Å². The molecule has 0 aliphatic carbocycles. The lowest BCUT2D eigenvalue weighted by molar-refractivity contribution is -0.107. The highest BCUT2D eigenvalue weighted by molar-refractivity contribution is 7.96. The van der Waals surface area contributed by atoms with E-state index in [2.05, 4.69) is 0 Å². The van der Waals surface area contributed by atoms with E-state index in [0.717, 1.165) is 5.39 Å². The summed E-state index contributed by atoms with van der Waals surface area (Å²) >= 11 is 0. The first-order valence-electron chi connectivity index (χ1n) is 5.55. The smallest absolute Gasteiger partial charge is 0.204 e. The summed E-state index contributed by atoms with van der Waals surface area (Å²) in [4.78, 5) is 11.1. The highest BCUT2D eigenvalue weighted by Gasteiger charge is 2.30. The number of benzene rings is 2. The van der Waals surface area contributed by atoms with Gasteiger partial charge in [0.25, 0.3) is 0 Å². The summed E-state index contributed by atoms with van der Waals surface area (Å²) in [7, 11) is -3.51. The van der Waals surface area contributed by atoms with Crippen molar-refractivity contribution in [2.45, 2.75) is 11.3 Å². The van der Waals surface area contributed by atoms with E-state index in [1.54, 1.807) is 18.2 Å². The molecular weight excluding hydrogens is 248 g/mol. The summed E-state index contributed by atoms with van der Waals surface area (Å²) in [6, 6.07) is 11.0. The van der Waals surface area contributed by atoms with E-state index in [0.29, 0.717) is 22.1 Å². The molecule has 0 amide bonds. The van der Waals surface area contributed by atoms with Crippen LogP contribution in [0.25, 0.3) is 16.8 Å². The Bertz CT molecular complexity index is 786. The maximum atomic E-state index is 12.4. The molecule has 3 rings (SSSR count). The predicted molar refractivity (Wildman–Crippen MR) is 69.8 cm³/mol. The van der Waals surface area contributed by atoms with Gasteiger partial charge in [-0.1, -0.05) is 36.4 Å². The molecule has 1 heterocycles. The molecular formula is C14H10O3S. The summed E-state index contributed by atoms with van der Waals surface area (Å²) in [5, 5.41) is 1.60. The minimum absolute atomic E-state index is 0.0641. The maximum Gasteiger partial charge on any atom is 0.204 e. The quantitative estimate of drug-likeness (QED) is 0.778. The number of hydrogen-bond acceptors (Lipinski definition) is 3. The van der Waals surface area contributed by atoms with Crippen LogP contribution in [0.4, 0.5) is 0 Å². The Morgan fingerprint density at radius 2 is 1.83 bits per heavy atom. The van der Waals surface area contributed by atoms with Gasteiger partial charge < -0.3 is 4.79 Å². The van der Waals surface area contributed by atoms with E-state index < -0.39 is 9.84 Å². The third-order valence-corrected chi connectivity index (χ3v) is 5.09. The molecule has 0 N–H and O–H groups in total. The van der Waals surface area contributed by atoms with E-state index in [-0.39, 0.29) is 11.3 Å². The predicted octanol–water partition coefficient (Wildman–Crippen LogP) is 2.56. The summed E-state index contributed by atoms with van der Waals surface area (Å²) < 4.78 is 24.7. The van der Waals surface area contributed by atoms with Crippen LogP contribution in [0, 0.1) is 0 Å². The molecule has 0 unspecified atom stereocenters. The number of allylic oxidation sites excluding steroid dienone is 1. The Labute approximate surface area is 105 Å². The summed E-state index contributed by atoms with van der Waals surface area (Å²) in [5.74, 6) is 0. The molecule has 4 heteroatoms. The summed E-state index contributed by atoms with van der Waals surface area (Å²) in [5.41, 5.74) is 0.672. The van der Waals surface area contributed by atoms with Gasteiger partial charge in [0.05, 0.1) is 9.80 Å². The van der Waals surface area contributed by atoms with Crippen molar-refractivity contribution >= 4 is 33.0 Å². The Morgan fingerprint density at radius 3 is 2.61 bits per heavy atom. The monoisotopic (exact) mass is 258 g/mol. The highest BCUT2D eigenvalue weighted by Crippen LogP contribution is 2.38. The topological polar surface area (TPSA) is 51.2 Å². The minimum Gasteiger partial charge on any atom is -0.303 e. The third-order valence-electron chi connectivity index (χ3n) is 3.12. The molecule has 0 spiro atoms. The van der Waals surface area contributed by atoms with Gasteiger partial charge >= 0.3 is 0 Å². The van der Waals surface area contributed by atoms with Gasteiger partial charge in [-0.25, -0.2) is 8.42 Å². The fourth-order valence-corrected chi connectivity index (χ4v) is 4.05. The van der Waals surface area contributed by atoms with Crippen LogP contribution in [0.15, 0.2) is 46.2 Å². The molecule has 1 aliphatic rings. The van der Waals surface area contributed by atoms with E-state index in [1.807, 2.05) is 24.3 Å². The third kappa shape index (κ3) is 1.42. The molecule has 0 atom stereocenters. The fraction of sp³-hybridized carbons (Fsp3) is 0.0714. The number of aldehydes is 1. The normalized spacial score (nSPS) is 16.3. The Kier molecular flexibility index (Phi) is 2.35. The molecule has 2 aromatic carbocycles. The lowest BCUT2D eigenvalue weighted by atomic mass is 10.1. The van der Waals surface area contributed by atoms with Gasteiger partial charge in [-0.15, -0.1) is 0 Å². The average molecular weight is 258 g/mol. The molecule has 18 heavy (non-hydrogen) atoms. The molecule has 3 nitrogen and oxygen atoms in total. The van der Waals surface area contributed by atoms with Crippen molar-refractivity contribution in [2.24, 2.45) is 0 Å². The van der Waals surface area contributed by atoms with Gasteiger partial charge in [0.1, 0.15) is 6.29 Å². The van der Waals surface area contributed by atoms with Crippen LogP contribution in [0.3, 0.4) is 0 Å². The van der Waals surface area contributed by atoms with E-state index in [4.69, 9.17) is 0 Å². The number of fused-ring (bicyclic) bond motifs is 3. The van der Waals surface area contributed by atoms with Crippen molar-refractivity contribution < 1.29 is 13.2 Å². The van der Waals surface area contributed by atoms with Gasteiger partial charge in [0.15, 0.2) is 0 Å². The second kappa shape index (κ2) is 3.78. The van der Waals surface area contributed by atoms with E-state index in [1.165, 1.54) is 0 Å². The van der Waals surface area contributed by atoms with Gasteiger partial charge in [-0.3, -0.25) is 0 Å². The second-order valence-electron chi connectivity index (χ2n) is 4.19. The van der Waals surface area contributed by atoms with Gasteiger partial charge in [0, 0.05) is 11.8 Å². The highest BCUT2D eigenvalue weighted by atomic mass is 32.2. The molecule has 0 saturated heterocycles. The molecule has 0 bridgehead atoms. The Morgan fingerprint density at radius 1 is 1.06 bits per heavy atom. The number of carbonyl (C=O) groups is 1. The first-order valence-corrected chi connectivity index (χ1v) is 7.04.